The summed E-state index contributed by atoms with van der Waals surface area (Å²) in [6.45, 7) is 0. The summed E-state index contributed by atoms with van der Waals surface area (Å²) in [5.41, 5.74) is 2.94. The Labute approximate surface area is 204 Å². The number of rotatable bonds is 4. The van der Waals surface area contributed by atoms with Gasteiger partial charge < -0.3 is 19.2 Å². The van der Waals surface area contributed by atoms with E-state index in [0.717, 1.165) is 22.4 Å². The van der Waals surface area contributed by atoms with Crippen molar-refractivity contribution < 1.29 is 13.9 Å². The van der Waals surface area contributed by atoms with E-state index in [1.165, 1.54) is 6.33 Å². The first-order valence-electron chi connectivity index (χ1n) is 10.9. The molecule has 3 heterocycles. The van der Waals surface area contributed by atoms with E-state index in [2.05, 4.69) is 15.3 Å². The molecule has 35 heavy (non-hydrogen) atoms. The lowest BCUT2D eigenvalue weighted by molar-refractivity contribution is 0.399. The van der Waals surface area contributed by atoms with E-state index in [1.54, 1.807) is 13.2 Å². The van der Waals surface area contributed by atoms with Crippen molar-refractivity contribution in [3.63, 3.8) is 0 Å². The van der Waals surface area contributed by atoms with Crippen LogP contribution in [0.4, 0.5) is 11.5 Å². The van der Waals surface area contributed by atoms with Gasteiger partial charge in [0.1, 0.15) is 23.5 Å². The van der Waals surface area contributed by atoms with Crippen molar-refractivity contribution in [2.24, 2.45) is 0 Å². The summed E-state index contributed by atoms with van der Waals surface area (Å²) in [6.07, 6.45) is 1.40. The standard InChI is InChI=1S/C27H18ClN3O4/c1-33-18-11-9-17(10-12-18)31-25-23-21(15-5-4-6-16(28)13-15)22-19-7-2-3-8-20(19)34-27(32)24(22)35-26(23)30-14-29-25/h2-14,21H,1H3,(H,29,30,31). The maximum Gasteiger partial charge on any atom is 0.380 e. The molecule has 8 heteroatoms. The Morgan fingerprint density at radius 3 is 2.60 bits per heavy atom. The molecule has 0 saturated carbocycles. The molecule has 1 aliphatic rings. The van der Waals surface area contributed by atoms with Gasteiger partial charge in [0.2, 0.25) is 11.6 Å². The predicted octanol–water partition coefficient (Wildman–Crippen LogP) is 6.27. The van der Waals surface area contributed by atoms with E-state index >= 15 is 0 Å². The number of hydrogen-bond acceptors (Lipinski definition) is 7. The van der Waals surface area contributed by atoms with Gasteiger partial charge in [-0.1, -0.05) is 41.9 Å². The average molecular weight is 484 g/mol. The first-order chi connectivity index (χ1) is 17.1. The van der Waals surface area contributed by atoms with Gasteiger partial charge in [-0.05, 0) is 48.0 Å². The van der Waals surface area contributed by atoms with E-state index < -0.39 is 11.5 Å². The molecule has 0 fully saturated rings. The number of para-hydroxylation sites is 1. The second-order valence-corrected chi connectivity index (χ2v) is 8.45. The molecule has 172 valence electrons. The second-order valence-electron chi connectivity index (χ2n) is 8.01. The third-order valence-corrected chi connectivity index (χ3v) is 6.20. The van der Waals surface area contributed by atoms with Crippen molar-refractivity contribution in [2.75, 3.05) is 12.4 Å². The third-order valence-electron chi connectivity index (χ3n) is 5.97. The fraction of sp³-hybridized carbons (Fsp3) is 0.0741. The number of fused-ring (bicyclic) bond motifs is 4. The van der Waals surface area contributed by atoms with Crippen LogP contribution >= 0.6 is 11.6 Å². The summed E-state index contributed by atoms with van der Waals surface area (Å²) in [4.78, 5) is 21.9. The lowest BCUT2D eigenvalue weighted by atomic mass is 9.82. The van der Waals surface area contributed by atoms with Gasteiger partial charge in [0.25, 0.3) is 0 Å². The smallest absolute Gasteiger partial charge is 0.380 e. The fourth-order valence-corrected chi connectivity index (χ4v) is 4.63. The van der Waals surface area contributed by atoms with Crippen molar-refractivity contribution in [1.82, 2.24) is 9.97 Å². The van der Waals surface area contributed by atoms with Gasteiger partial charge in [-0.2, -0.15) is 0 Å². The van der Waals surface area contributed by atoms with Crippen molar-refractivity contribution in [3.05, 3.63) is 111 Å². The Balaban J connectivity index is 1.61. The number of benzene rings is 3. The van der Waals surface area contributed by atoms with Crippen LogP contribution in [0.2, 0.25) is 5.02 Å². The molecule has 2 aromatic heterocycles. The molecular weight excluding hydrogens is 466 g/mol. The first kappa shape index (κ1) is 21.2. The fourth-order valence-electron chi connectivity index (χ4n) is 4.43. The summed E-state index contributed by atoms with van der Waals surface area (Å²) in [5.74, 6) is 1.23. The van der Waals surface area contributed by atoms with E-state index in [0.29, 0.717) is 27.6 Å². The summed E-state index contributed by atoms with van der Waals surface area (Å²) in [5, 5.41) is 4.71. The Hall–Kier alpha value is -4.36. The molecule has 6 rings (SSSR count). The molecule has 0 aliphatic carbocycles. The SMILES string of the molecule is COc1ccc(Nc2ncnc3c2C(c2cccc(Cl)c2)c2c(c(=O)oc4ccccc24)O3)cc1. The molecule has 0 spiro atoms. The highest BCUT2D eigenvalue weighted by Gasteiger charge is 2.37. The van der Waals surface area contributed by atoms with Gasteiger partial charge in [-0.15, -0.1) is 0 Å². The Morgan fingerprint density at radius 1 is 0.971 bits per heavy atom. The third kappa shape index (κ3) is 3.66. The Bertz CT molecular complexity index is 1630. The van der Waals surface area contributed by atoms with Crippen LogP contribution in [-0.4, -0.2) is 17.1 Å². The zero-order chi connectivity index (χ0) is 23.9. The second kappa shape index (κ2) is 8.45. The molecule has 1 N–H and O–H groups in total. The number of anilines is 2. The normalized spacial score (nSPS) is 14.1. The van der Waals surface area contributed by atoms with Crippen molar-refractivity contribution in [1.29, 1.82) is 0 Å². The number of nitrogens with zero attached hydrogens (tertiary/aromatic N) is 2. The first-order valence-corrected chi connectivity index (χ1v) is 11.2. The van der Waals surface area contributed by atoms with Crippen LogP contribution in [0.1, 0.15) is 22.6 Å². The molecule has 1 aliphatic heterocycles. The van der Waals surface area contributed by atoms with Crippen LogP contribution in [0, 0.1) is 0 Å². The minimum absolute atomic E-state index is 0.107. The molecule has 7 nitrogen and oxygen atoms in total. The van der Waals surface area contributed by atoms with Crippen LogP contribution in [0.5, 0.6) is 17.4 Å². The molecule has 0 radical (unpaired) electrons. The molecule has 0 bridgehead atoms. The van der Waals surface area contributed by atoms with Crippen LogP contribution in [0.25, 0.3) is 11.0 Å². The van der Waals surface area contributed by atoms with Crippen LogP contribution < -0.4 is 20.4 Å². The minimum atomic E-state index is -0.570. The maximum atomic E-state index is 13.0. The van der Waals surface area contributed by atoms with E-state index in [9.17, 15) is 4.79 Å². The molecule has 5 aromatic rings. The summed E-state index contributed by atoms with van der Waals surface area (Å²) in [6, 6.07) is 22.4. The lowest BCUT2D eigenvalue weighted by Gasteiger charge is -2.29. The van der Waals surface area contributed by atoms with Crippen molar-refractivity contribution in [3.8, 4) is 17.4 Å². The van der Waals surface area contributed by atoms with E-state index in [1.807, 2.05) is 66.7 Å². The van der Waals surface area contributed by atoms with Gasteiger partial charge in [-0.25, -0.2) is 14.8 Å². The maximum absolute atomic E-state index is 13.0. The molecule has 3 aromatic carbocycles. The molecular formula is C27H18ClN3O4. The Kier molecular flexibility index (Phi) is 5.12. The molecule has 1 atom stereocenters. The highest BCUT2D eigenvalue weighted by atomic mass is 35.5. The average Bonchev–Trinajstić information content (AvgIpc) is 2.88. The number of nitrogens with one attached hydrogen (secondary N) is 1. The predicted molar refractivity (Wildman–Crippen MR) is 133 cm³/mol. The highest BCUT2D eigenvalue weighted by molar-refractivity contribution is 6.30. The molecule has 0 amide bonds. The lowest BCUT2D eigenvalue weighted by Crippen LogP contribution is -2.20. The minimum Gasteiger partial charge on any atom is -0.497 e. The van der Waals surface area contributed by atoms with Crippen LogP contribution in [-0.2, 0) is 0 Å². The topological polar surface area (TPSA) is 86.5 Å². The van der Waals surface area contributed by atoms with Gasteiger partial charge >= 0.3 is 5.63 Å². The monoisotopic (exact) mass is 483 g/mol. The molecule has 1 unspecified atom stereocenters. The van der Waals surface area contributed by atoms with Crippen LogP contribution in [0.3, 0.4) is 0 Å². The Morgan fingerprint density at radius 2 is 1.80 bits per heavy atom. The van der Waals surface area contributed by atoms with E-state index in [-0.39, 0.29) is 11.6 Å². The van der Waals surface area contributed by atoms with Gasteiger partial charge in [0.15, 0.2) is 0 Å². The number of ether oxygens (including phenoxy) is 2. The number of aromatic nitrogens is 2. The van der Waals surface area contributed by atoms with Crippen LogP contribution in [0.15, 0.2) is 88.3 Å². The zero-order valence-corrected chi connectivity index (χ0v) is 19.2. The summed E-state index contributed by atoms with van der Waals surface area (Å²) in [7, 11) is 1.62. The van der Waals surface area contributed by atoms with Gasteiger partial charge in [-0.3, -0.25) is 0 Å². The quantitative estimate of drug-likeness (QED) is 0.295. The number of methoxy groups -OCH3 is 1. The van der Waals surface area contributed by atoms with Crippen molar-refractivity contribution >= 4 is 34.1 Å². The van der Waals surface area contributed by atoms with E-state index in [4.69, 9.17) is 25.5 Å². The highest BCUT2D eigenvalue weighted by Crippen LogP contribution is 2.50. The number of hydrogen-bond donors (Lipinski definition) is 1. The molecule has 0 saturated heterocycles. The largest absolute Gasteiger partial charge is 0.497 e. The zero-order valence-electron chi connectivity index (χ0n) is 18.5. The van der Waals surface area contributed by atoms with Gasteiger partial charge in [0.05, 0.1) is 12.7 Å². The summed E-state index contributed by atoms with van der Waals surface area (Å²) < 4.78 is 16.9. The summed E-state index contributed by atoms with van der Waals surface area (Å²) >= 11 is 6.40. The van der Waals surface area contributed by atoms with Gasteiger partial charge in [0, 0.05) is 27.6 Å². The number of halogens is 1. The van der Waals surface area contributed by atoms with Crippen molar-refractivity contribution in [2.45, 2.75) is 5.92 Å².